The Hall–Kier alpha value is -2.58. The van der Waals surface area contributed by atoms with E-state index in [4.69, 9.17) is 4.74 Å². The van der Waals surface area contributed by atoms with E-state index in [0.29, 0.717) is 22.6 Å². The van der Waals surface area contributed by atoms with Gasteiger partial charge in [0.05, 0.1) is 18.4 Å². The van der Waals surface area contributed by atoms with Gasteiger partial charge in [-0.25, -0.2) is 8.78 Å². The Morgan fingerprint density at radius 2 is 2.04 bits per heavy atom. The second-order valence-corrected chi connectivity index (χ2v) is 6.64. The van der Waals surface area contributed by atoms with Crippen LogP contribution in [0.3, 0.4) is 0 Å². The zero-order valence-corrected chi connectivity index (χ0v) is 14.3. The predicted octanol–water partition coefficient (Wildman–Crippen LogP) is 4.69. The number of anilines is 2. The van der Waals surface area contributed by atoms with Crippen molar-refractivity contribution < 1.29 is 26.7 Å². The first-order valence-corrected chi connectivity index (χ1v) is 8.34. The van der Waals surface area contributed by atoms with Crippen molar-refractivity contribution in [1.29, 1.82) is 0 Å². The van der Waals surface area contributed by atoms with Crippen LogP contribution < -0.4 is 9.64 Å². The van der Waals surface area contributed by atoms with Crippen LogP contribution in [-0.2, 0) is 19.0 Å². The van der Waals surface area contributed by atoms with Gasteiger partial charge >= 0.3 is 6.18 Å². The SMILES string of the molecule is COc1ccc(C(F)(F)F)cc1N1CN=Cc2c1[nH]c1c2CC(F)(F)CC1. The first kappa shape index (κ1) is 17.8. The number of nitrogens with one attached hydrogen (secondary N) is 1. The zero-order chi connectivity index (χ0) is 19.4. The second kappa shape index (κ2) is 5.97. The average molecular weight is 385 g/mol. The molecule has 1 aromatic carbocycles. The Morgan fingerprint density at radius 3 is 2.74 bits per heavy atom. The van der Waals surface area contributed by atoms with Gasteiger partial charge in [-0.05, 0) is 30.2 Å². The molecule has 9 heteroatoms. The summed E-state index contributed by atoms with van der Waals surface area (Å²) in [4.78, 5) is 8.81. The number of hydrogen-bond acceptors (Lipinski definition) is 3. The van der Waals surface area contributed by atoms with Gasteiger partial charge in [-0.15, -0.1) is 0 Å². The Morgan fingerprint density at radius 1 is 1.26 bits per heavy atom. The molecule has 1 aliphatic heterocycles. The number of rotatable bonds is 2. The first-order chi connectivity index (χ1) is 12.7. The van der Waals surface area contributed by atoms with E-state index in [2.05, 4.69) is 9.98 Å². The monoisotopic (exact) mass is 385 g/mol. The minimum absolute atomic E-state index is 0.0560. The molecule has 0 spiro atoms. The number of alkyl halides is 5. The summed E-state index contributed by atoms with van der Waals surface area (Å²) in [7, 11) is 1.36. The molecule has 0 unspecified atom stereocenters. The summed E-state index contributed by atoms with van der Waals surface area (Å²) < 4.78 is 72.4. The molecule has 2 aromatic rings. The lowest BCUT2D eigenvalue weighted by Gasteiger charge is -2.27. The number of hydrogen-bond donors (Lipinski definition) is 1. The molecule has 0 amide bonds. The lowest BCUT2D eigenvalue weighted by atomic mass is 9.92. The zero-order valence-electron chi connectivity index (χ0n) is 14.3. The van der Waals surface area contributed by atoms with Crippen LogP contribution >= 0.6 is 0 Å². The summed E-state index contributed by atoms with van der Waals surface area (Å²) in [5.74, 6) is -2.10. The van der Waals surface area contributed by atoms with E-state index in [9.17, 15) is 22.0 Å². The molecule has 27 heavy (non-hydrogen) atoms. The molecule has 4 nitrogen and oxygen atoms in total. The maximum atomic E-state index is 13.8. The minimum atomic E-state index is -4.51. The predicted molar refractivity (Wildman–Crippen MR) is 90.4 cm³/mol. The van der Waals surface area contributed by atoms with E-state index in [-0.39, 0.29) is 30.9 Å². The highest BCUT2D eigenvalue weighted by Gasteiger charge is 2.39. The van der Waals surface area contributed by atoms with E-state index in [1.807, 2.05) is 0 Å². The largest absolute Gasteiger partial charge is 0.495 e. The van der Waals surface area contributed by atoms with Gasteiger partial charge in [-0.3, -0.25) is 4.99 Å². The molecular weight excluding hydrogens is 369 g/mol. The standard InChI is InChI=1S/C18H16F5N3O/c1-27-15-3-2-10(18(21,22)23)6-14(15)26-9-24-8-12-11-7-17(19,20)5-4-13(11)25-16(12)26/h2-3,6,8,25H,4-5,7,9H2,1H3. The van der Waals surface area contributed by atoms with Crippen LogP contribution in [0, 0.1) is 0 Å². The van der Waals surface area contributed by atoms with E-state index in [1.54, 1.807) is 0 Å². The van der Waals surface area contributed by atoms with Gasteiger partial charge in [-0.2, -0.15) is 13.2 Å². The molecule has 4 rings (SSSR count). The molecule has 1 aromatic heterocycles. The fourth-order valence-corrected chi connectivity index (χ4v) is 3.57. The lowest BCUT2D eigenvalue weighted by Crippen LogP contribution is -2.26. The van der Waals surface area contributed by atoms with Crippen LogP contribution in [0.25, 0.3) is 0 Å². The second-order valence-electron chi connectivity index (χ2n) is 6.64. The summed E-state index contributed by atoms with van der Waals surface area (Å²) in [6.45, 7) is 0.0560. The van der Waals surface area contributed by atoms with Crippen molar-refractivity contribution in [2.45, 2.75) is 31.4 Å². The quantitative estimate of drug-likeness (QED) is 0.762. The topological polar surface area (TPSA) is 40.6 Å². The lowest BCUT2D eigenvalue weighted by molar-refractivity contribution is -0.137. The molecule has 0 bridgehead atoms. The fraction of sp³-hybridized carbons (Fsp3) is 0.389. The molecule has 2 aliphatic rings. The number of nitrogens with zero attached hydrogens (tertiary/aromatic N) is 2. The summed E-state index contributed by atoms with van der Waals surface area (Å²) in [6, 6.07) is 3.17. The van der Waals surface area contributed by atoms with Crippen LogP contribution in [0.1, 0.15) is 28.8 Å². The van der Waals surface area contributed by atoms with Gasteiger partial charge in [0.15, 0.2) is 0 Å². The molecule has 144 valence electrons. The number of fused-ring (bicyclic) bond motifs is 3. The van der Waals surface area contributed by atoms with E-state index < -0.39 is 24.1 Å². The Bertz CT molecular complexity index is 916. The Kier molecular flexibility index (Phi) is 3.94. The molecule has 0 radical (unpaired) electrons. The fourth-order valence-electron chi connectivity index (χ4n) is 3.57. The number of ether oxygens (including phenoxy) is 1. The summed E-state index contributed by atoms with van der Waals surface area (Å²) in [6.07, 6.45) is -3.50. The molecule has 1 aliphatic carbocycles. The normalized spacial score (nSPS) is 18.2. The van der Waals surface area contributed by atoms with Crippen molar-refractivity contribution in [1.82, 2.24) is 4.98 Å². The third-order valence-corrected chi connectivity index (χ3v) is 4.90. The first-order valence-electron chi connectivity index (χ1n) is 8.34. The summed E-state index contributed by atoms with van der Waals surface area (Å²) in [5.41, 5.74) is 0.999. The van der Waals surface area contributed by atoms with Crippen molar-refractivity contribution in [3.8, 4) is 5.75 Å². The Balaban J connectivity index is 1.83. The van der Waals surface area contributed by atoms with Gasteiger partial charge < -0.3 is 14.6 Å². The maximum Gasteiger partial charge on any atom is 0.416 e. The number of methoxy groups -OCH3 is 1. The third kappa shape index (κ3) is 3.04. The minimum Gasteiger partial charge on any atom is -0.495 e. The van der Waals surface area contributed by atoms with E-state index in [1.165, 1.54) is 24.3 Å². The highest BCUT2D eigenvalue weighted by atomic mass is 19.4. The molecule has 0 saturated heterocycles. The van der Waals surface area contributed by atoms with Crippen LogP contribution in [-0.4, -0.2) is 30.9 Å². The molecule has 0 saturated carbocycles. The van der Waals surface area contributed by atoms with Crippen LogP contribution in [0.2, 0.25) is 0 Å². The number of aryl methyl sites for hydroxylation is 1. The molecule has 1 N–H and O–H groups in total. The molecule has 2 heterocycles. The van der Waals surface area contributed by atoms with Crippen molar-refractivity contribution in [2.24, 2.45) is 4.99 Å². The van der Waals surface area contributed by atoms with Gasteiger partial charge in [0.25, 0.3) is 5.92 Å². The highest BCUT2D eigenvalue weighted by molar-refractivity contribution is 5.94. The van der Waals surface area contributed by atoms with Gasteiger partial charge in [-0.1, -0.05) is 0 Å². The number of H-pyrrole nitrogens is 1. The van der Waals surface area contributed by atoms with E-state index in [0.717, 1.165) is 12.1 Å². The van der Waals surface area contributed by atoms with Crippen molar-refractivity contribution in [2.75, 3.05) is 18.7 Å². The number of benzene rings is 1. The molecule has 0 atom stereocenters. The van der Waals surface area contributed by atoms with Crippen LogP contribution in [0.15, 0.2) is 23.2 Å². The van der Waals surface area contributed by atoms with Crippen LogP contribution in [0.4, 0.5) is 33.5 Å². The van der Waals surface area contributed by atoms with Crippen molar-refractivity contribution >= 4 is 17.7 Å². The van der Waals surface area contributed by atoms with E-state index >= 15 is 0 Å². The van der Waals surface area contributed by atoms with Crippen molar-refractivity contribution in [3.63, 3.8) is 0 Å². The molecule has 0 fully saturated rings. The number of aromatic amines is 1. The maximum absolute atomic E-state index is 13.8. The van der Waals surface area contributed by atoms with Crippen molar-refractivity contribution in [3.05, 3.63) is 40.6 Å². The average Bonchev–Trinajstić information content (AvgIpc) is 2.97. The summed E-state index contributed by atoms with van der Waals surface area (Å²) >= 11 is 0. The third-order valence-electron chi connectivity index (χ3n) is 4.90. The number of halogens is 5. The molecular formula is C18H16F5N3O. The Labute approximate surface area is 151 Å². The summed E-state index contributed by atoms with van der Waals surface area (Å²) in [5, 5.41) is 0. The number of aliphatic imine (C=N–C) groups is 1. The highest BCUT2D eigenvalue weighted by Crippen LogP contribution is 2.44. The van der Waals surface area contributed by atoms with Crippen LogP contribution in [0.5, 0.6) is 5.75 Å². The van der Waals surface area contributed by atoms with Gasteiger partial charge in [0.1, 0.15) is 18.2 Å². The smallest absolute Gasteiger partial charge is 0.416 e. The van der Waals surface area contributed by atoms with Gasteiger partial charge in [0, 0.05) is 30.3 Å². The number of aromatic nitrogens is 1. The van der Waals surface area contributed by atoms with Gasteiger partial charge in [0.2, 0.25) is 0 Å².